The number of halogens is 2. The van der Waals surface area contributed by atoms with Crippen LogP contribution in [0.4, 0.5) is 5.69 Å². The van der Waals surface area contributed by atoms with Gasteiger partial charge in [-0.25, -0.2) is 0 Å². The molecule has 25 heavy (non-hydrogen) atoms. The molecule has 0 bridgehead atoms. The highest BCUT2D eigenvalue weighted by molar-refractivity contribution is 6.44. The van der Waals surface area contributed by atoms with Crippen LogP contribution in [-0.4, -0.2) is 12.0 Å². The number of benzene rings is 3. The average Bonchev–Trinajstić information content (AvgIpc) is 2.63. The number of ether oxygens (including phenoxy) is 1. The number of amides is 1. The smallest absolute Gasteiger partial charge is 0.265 e. The number of nitrogens with one attached hydrogen (secondary N) is 1. The molecule has 1 atom stereocenters. The monoisotopic (exact) mass is 373 g/mol. The van der Waals surface area contributed by atoms with Gasteiger partial charge in [-0.3, -0.25) is 4.79 Å². The maximum atomic E-state index is 12.5. The number of hydrogen-bond donors (Lipinski definition) is 1. The van der Waals surface area contributed by atoms with Gasteiger partial charge in [-0.15, -0.1) is 0 Å². The first kappa shape index (κ1) is 17.6. The fraction of sp³-hybridized carbons (Fsp3) is 0.150. The number of anilines is 1. The topological polar surface area (TPSA) is 38.3 Å². The molecule has 0 heterocycles. The molecule has 3 rings (SSSR count). The molecule has 3 aromatic carbocycles. The highest BCUT2D eigenvalue weighted by atomic mass is 35.5. The molecule has 0 saturated heterocycles. The second-order valence-electron chi connectivity index (χ2n) is 5.61. The van der Waals surface area contributed by atoms with Gasteiger partial charge in [-0.2, -0.15) is 0 Å². The molecule has 0 aliphatic carbocycles. The van der Waals surface area contributed by atoms with Crippen molar-refractivity contribution in [2.24, 2.45) is 0 Å². The molecule has 5 heteroatoms. The molecule has 0 aromatic heterocycles. The highest BCUT2D eigenvalue weighted by Crippen LogP contribution is 2.30. The van der Waals surface area contributed by atoms with Crippen molar-refractivity contribution >= 4 is 45.6 Å². The van der Waals surface area contributed by atoms with E-state index in [1.54, 1.807) is 18.2 Å². The predicted molar refractivity (Wildman–Crippen MR) is 104 cm³/mol. The van der Waals surface area contributed by atoms with Crippen LogP contribution in [0.15, 0.2) is 60.7 Å². The highest BCUT2D eigenvalue weighted by Gasteiger charge is 2.20. The number of carbonyl (C=O) groups excluding carboxylic acids is 1. The standard InChI is InChI=1S/C20H17Cl2NO2/c1-2-18(20(24)23-17-9-5-8-16(21)19(17)22)25-15-11-10-13-6-3-4-7-14(13)12-15/h3-12,18H,2H2,1H3,(H,23,24)/t18-/m0/s1. The number of fused-ring (bicyclic) bond motifs is 1. The Morgan fingerprint density at radius 2 is 1.80 bits per heavy atom. The summed E-state index contributed by atoms with van der Waals surface area (Å²) in [7, 11) is 0. The molecule has 0 radical (unpaired) electrons. The van der Waals surface area contributed by atoms with E-state index in [9.17, 15) is 4.79 Å². The Kier molecular flexibility index (Phi) is 5.47. The summed E-state index contributed by atoms with van der Waals surface area (Å²) >= 11 is 12.1. The van der Waals surface area contributed by atoms with Crippen molar-refractivity contribution < 1.29 is 9.53 Å². The van der Waals surface area contributed by atoms with Crippen molar-refractivity contribution in [2.45, 2.75) is 19.4 Å². The molecule has 0 aliphatic rings. The summed E-state index contributed by atoms with van der Waals surface area (Å²) in [4.78, 5) is 12.5. The first-order valence-electron chi connectivity index (χ1n) is 7.99. The predicted octanol–water partition coefficient (Wildman–Crippen LogP) is 5.94. The van der Waals surface area contributed by atoms with Crippen LogP contribution in [0.5, 0.6) is 5.75 Å². The van der Waals surface area contributed by atoms with E-state index in [2.05, 4.69) is 5.32 Å². The van der Waals surface area contributed by atoms with Crippen LogP contribution in [0.25, 0.3) is 10.8 Å². The van der Waals surface area contributed by atoms with E-state index in [1.807, 2.05) is 49.4 Å². The second kappa shape index (κ2) is 7.77. The number of carbonyl (C=O) groups is 1. The van der Waals surface area contributed by atoms with Crippen molar-refractivity contribution in [2.75, 3.05) is 5.32 Å². The molecule has 3 aromatic rings. The summed E-state index contributed by atoms with van der Waals surface area (Å²) < 4.78 is 5.89. The molecule has 0 unspecified atom stereocenters. The zero-order valence-corrected chi connectivity index (χ0v) is 15.1. The van der Waals surface area contributed by atoms with Crippen LogP contribution < -0.4 is 10.1 Å². The van der Waals surface area contributed by atoms with Crippen molar-refractivity contribution in [1.82, 2.24) is 0 Å². The van der Waals surface area contributed by atoms with E-state index in [4.69, 9.17) is 27.9 Å². The van der Waals surface area contributed by atoms with Gasteiger partial charge in [0.15, 0.2) is 6.10 Å². The summed E-state index contributed by atoms with van der Waals surface area (Å²) in [5, 5.41) is 5.67. The van der Waals surface area contributed by atoms with Crippen LogP contribution in [0, 0.1) is 0 Å². The molecule has 128 valence electrons. The van der Waals surface area contributed by atoms with Crippen molar-refractivity contribution in [3.05, 3.63) is 70.7 Å². The van der Waals surface area contributed by atoms with Gasteiger partial charge >= 0.3 is 0 Å². The Hall–Kier alpha value is -2.23. The normalized spacial score (nSPS) is 12.0. The van der Waals surface area contributed by atoms with Gasteiger partial charge in [0.05, 0.1) is 15.7 Å². The quantitative estimate of drug-likeness (QED) is 0.600. The number of rotatable bonds is 5. The lowest BCUT2D eigenvalue weighted by Crippen LogP contribution is -2.32. The van der Waals surface area contributed by atoms with Gasteiger partial charge in [-0.1, -0.05) is 66.5 Å². The first-order chi connectivity index (χ1) is 12.1. The molecule has 0 aliphatic heterocycles. The van der Waals surface area contributed by atoms with Gasteiger partial charge in [0, 0.05) is 0 Å². The minimum atomic E-state index is -0.629. The summed E-state index contributed by atoms with van der Waals surface area (Å²) in [6.45, 7) is 1.89. The average molecular weight is 374 g/mol. The Morgan fingerprint density at radius 1 is 1.04 bits per heavy atom. The van der Waals surface area contributed by atoms with E-state index >= 15 is 0 Å². The second-order valence-corrected chi connectivity index (χ2v) is 6.40. The van der Waals surface area contributed by atoms with Crippen LogP contribution in [0.2, 0.25) is 10.0 Å². The van der Waals surface area contributed by atoms with E-state index < -0.39 is 6.10 Å². The minimum Gasteiger partial charge on any atom is -0.481 e. The molecule has 0 saturated carbocycles. The lowest BCUT2D eigenvalue weighted by molar-refractivity contribution is -0.122. The van der Waals surface area contributed by atoms with E-state index in [0.717, 1.165) is 10.8 Å². The Bertz CT molecular complexity index is 911. The van der Waals surface area contributed by atoms with Crippen molar-refractivity contribution in [3.63, 3.8) is 0 Å². The first-order valence-corrected chi connectivity index (χ1v) is 8.74. The molecule has 0 spiro atoms. The van der Waals surface area contributed by atoms with Gasteiger partial charge in [0.25, 0.3) is 5.91 Å². The SMILES string of the molecule is CC[C@H](Oc1ccc2ccccc2c1)C(=O)Nc1cccc(Cl)c1Cl. The van der Waals surface area contributed by atoms with Crippen LogP contribution in [-0.2, 0) is 4.79 Å². The summed E-state index contributed by atoms with van der Waals surface area (Å²) in [6.07, 6.45) is -0.104. The number of hydrogen-bond acceptors (Lipinski definition) is 2. The third-order valence-electron chi connectivity index (χ3n) is 3.87. The molecular formula is C20H17Cl2NO2. The third-order valence-corrected chi connectivity index (χ3v) is 4.69. The Labute approximate surface area is 156 Å². The zero-order valence-electron chi connectivity index (χ0n) is 13.6. The fourth-order valence-corrected chi connectivity index (χ4v) is 2.89. The van der Waals surface area contributed by atoms with Gasteiger partial charge in [0.1, 0.15) is 5.75 Å². The summed E-state index contributed by atoms with van der Waals surface area (Å²) in [6, 6.07) is 18.9. The molecule has 1 amide bonds. The molecule has 1 N–H and O–H groups in total. The van der Waals surface area contributed by atoms with E-state index in [1.165, 1.54) is 0 Å². The zero-order chi connectivity index (χ0) is 17.8. The lowest BCUT2D eigenvalue weighted by atomic mass is 10.1. The van der Waals surface area contributed by atoms with E-state index in [-0.39, 0.29) is 5.91 Å². The molecule has 3 nitrogen and oxygen atoms in total. The third kappa shape index (κ3) is 4.06. The van der Waals surface area contributed by atoms with Crippen LogP contribution in [0.3, 0.4) is 0 Å². The largest absolute Gasteiger partial charge is 0.481 e. The van der Waals surface area contributed by atoms with Gasteiger partial charge in [-0.05, 0) is 41.5 Å². The Balaban J connectivity index is 1.76. The lowest BCUT2D eigenvalue weighted by Gasteiger charge is -2.18. The minimum absolute atomic E-state index is 0.264. The summed E-state index contributed by atoms with van der Waals surface area (Å²) in [5.74, 6) is 0.387. The Morgan fingerprint density at radius 3 is 2.56 bits per heavy atom. The van der Waals surface area contributed by atoms with Gasteiger partial charge in [0.2, 0.25) is 0 Å². The molecule has 0 fully saturated rings. The van der Waals surface area contributed by atoms with E-state index in [0.29, 0.717) is 27.9 Å². The van der Waals surface area contributed by atoms with Crippen molar-refractivity contribution in [3.8, 4) is 5.75 Å². The van der Waals surface area contributed by atoms with Gasteiger partial charge < -0.3 is 10.1 Å². The van der Waals surface area contributed by atoms with Crippen LogP contribution >= 0.6 is 23.2 Å². The van der Waals surface area contributed by atoms with Crippen LogP contribution in [0.1, 0.15) is 13.3 Å². The van der Waals surface area contributed by atoms with Crippen molar-refractivity contribution in [1.29, 1.82) is 0 Å². The maximum absolute atomic E-state index is 12.5. The summed E-state index contributed by atoms with van der Waals surface area (Å²) in [5.41, 5.74) is 0.472. The molecular weight excluding hydrogens is 357 g/mol. The maximum Gasteiger partial charge on any atom is 0.265 e. The fourth-order valence-electron chi connectivity index (χ4n) is 2.54.